The zero-order valence-corrected chi connectivity index (χ0v) is 11.8. The van der Waals surface area contributed by atoms with E-state index in [1.807, 2.05) is 6.92 Å². The third-order valence-electron chi connectivity index (χ3n) is 3.77. The first-order chi connectivity index (χ1) is 9.22. The monoisotopic (exact) mass is 263 g/mol. The molecule has 4 heteroatoms. The second-order valence-electron chi connectivity index (χ2n) is 5.25. The molecule has 0 spiro atoms. The second kappa shape index (κ2) is 6.89. The Morgan fingerprint density at radius 2 is 2.00 bits per heavy atom. The topological polar surface area (TPSA) is 52.7 Å². The summed E-state index contributed by atoms with van der Waals surface area (Å²) in [5.74, 6) is 0. The van der Waals surface area contributed by atoms with Gasteiger partial charge in [-0.05, 0) is 31.5 Å². The van der Waals surface area contributed by atoms with E-state index in [1.54, 1.807) is 0 Å². The van der Waals surface area contributed by atoms with Gasteiger partial charge in [0.1, 0.15) is 0 Å². The number of anilines is 1. The van der Waals surface area contributed by atoms with Crippen molar-refractivity contribution in [3.8, 4) is 0 Å². The van der Waals surface area contributed by atoms with Crippen molar-refractivity contribution in [1.82, 2.24) is 4.90 Å². The highest BCUT2D eigenvalue weighted by molar-refractivity contribution is 5.55. The van der Waals surface area contributed by atoms with E-state index in [0.717, 1.165) is 39.1 Å². The van der Waals surface area contributed by atoms with Gasteiger partial charge in [0.15, 0.2) is 0 Å². The number of para-hydroxylation sites is 1. The van der Waals surface area contributed by atoms with Gasteiger partial charge in [-0.15, -0.1) is 0 Å². The molecule has 1 fully saturated rings. The van der Waals surface area contributed by atoms with Crippen molar-refractivity contribution in [2.24, 2.45) is 5.73 Å². The lowest BCUT2D eigenvalue weighted by Gasteiger charge is -2.27. The lowest BCUT2D eigenvalue weighted by molar-refractivity contribution is 0.204. The first kappa shape index (κ1) is 14.3. The Hall–Kier alpha value is -1.10. The molecule has 0 bridgehead atoms. The van der Waals surface area contributed by atoms with Crippen molar-refractivity contribution in [3.63, 3.8) is 0 Å². The number of hydrogen-bond acceptors (Lipinski definition) is 4. The van der Waals surface area contributed by atoms with E-state index in [1.165, 1.54) is 11.3 Å². The Balaban J connectivity index is 2.10. The molecule has 1 aromatic carbocycles. The second-order valence-corrected chi connectivity index (χ2v) is 5.25. The van der Waals surface area contributed by atoms with Crippen LogP contribution in [0.15, 0.2) is 24.3 Å². The molecule has 0 unspecified atom stereocenters. The van der Waals surface area contributed by atoms with E-state index in [0.29, 0.717) is 0 Å². The first-order valence-corrected chi connectivity index (χ1v) is 7.15. The van der Waals surface area contributed by atoms with Crippen LogP contribution in [-0.2, 0) is 0 Å². The normalized spacial score (nSPS) is 19.2. The zero-order valence-electron chi connectivity index (χ0n) is 11.8. The summed E-state index contributed by atoms with van der Waals surface area (Å²) in [6, 6.07) is 8.49. The Morgan fingerprint density at radius 3 is 2.74 bits per heavy atom. The molecule has 3 N–H and O–H groups in total. The van der Waals surface area contributed by atoms with E-state index in [2.05, 4.69) is 34.1 Å². The van der Waals surface area contributed by atoms with Crippen molar-refractivity contribution >= 4 is 5.69 Å². The molecule has 2 rings (SSSR count). The Labute approximate surface area is 115 Å². The van der Waals surface area contributed by atoms with Crippen LogP contribution in [0.3, 0.4) is 0 Å². The highest BCUT2D eigenvalue weighted by atomic mass is 16.3. The van der Waals surface area contributed by atoms with Crippen molar-refractivity contribution in [2.45, 2.75) is 19.4 Å². The summed E-state index contributed by atoms with van der Waals surface area (Å²) >= 11 is 0. The molecule has 1 saturated heterocycles. The summed E-state index contributed by atoms with van der Waals surface area (Å²) < 4.78 is 0. The number of hydrogen-bond donors (Lipinski definition) is 2. The number of nitrogens with zero attached hydrogens (tertiary/aromatic N) is 2. The van der Waals surface area contributed by atoms with Crippen LogP contribution < -0.4 is 10.6 Å². The van der Waals surface area contributed by atoms with Crippen LogP contribution in [0.4, 0.5) is 5.69 Å². The highest BCUT2D eigenvalue weighted by Gasteiger charge is 2.17. The number of rotatable bonds is 4. The molecule has 1 atom stereocenters. The summed E-state index contributed by atoms with van der Waals surface area (Å²) in [5.41, 5.74) is 8.55. The van der Waals surface area contributed by atoms with Gasteiger partial charge in [0.25, 0.3) is 0 Å². The summed E-state index contributed by atoms with van der Waals surface area (Å²) in [6.07, 6.45) is 1.13. The Kier molecular flexibility index (Phi) is 5.19. The maximum absolute atomic E-state index is 9.04. The fourth-order valence-electron chi connectivity index (χ4n) is 2.74. The maximum atomic E-state index is 9.04. The standard InChI is InChI=1S/C15H25N3O/c1-13(16)14-5-2-3-6-15(14)18-8-4-7-17(9-10-18)11-12-19/h2-3,5-6,13,19H,4,7-12,16H2,1H3/t13-/m0/s1. The average Bonchev–Trinajstić information content (AvgIpc) is 2.65. The molecule has 19 heavy (non-hydrogen) atoms. The molecule has 1 aliphatic heterocycles. The molecule has 1 aromatic rings. The van der Waals surface area contributed by atoms with Gasteiger partial charge in [0.05, 0.1) is 6.61 Å². The van der Waals surface area contributed by atoms with Crippen molar-refractivity contribution < 1.29 is 5.11 Å². The number of nitrogens with two attached hydrogens (primary N) is 1. The van der Waals surface area contributed by atoms with Gasteiger partial charge in [-0.25, -0.2) is 0 Å². The Bertz CT molecular complexity index is 395. The molecular formula is C15H25N3O. The summed E-state index contributed by atoms with van der Waals surface area (Å²) in [6.45, 7) is 7.20. The number of benzene rings is 1. The molecule has 0 saturated carbocycles. The fourth-order valence-corrected chi connectivity index (χ4v) is 2.74. The van der Waals surface area contributed by atoms with Gasteiger partial charge >= 0.3 is 0 Å². The summed E-state index contributed by atoms with van der Waals surface area (Å²) in [5, 5.41) is 9.04. The number of aliphatic hydroxyl groups is 1. The minimum Gasteiger partial charge on any atom is -0.395 e. The largest absolute Gasteiger partial charge is 0.395 e. The lowest BCUT2D eigenvalue weighted by Crippen LogP contribution is -2.33. The van der Waals surface area contributed by atoms with Crippen LogP contribution in [-0.4, -0.2) is 49.3 Å². The van der Waals surface area contributed by atoms with Crippen molar-refractivity contribution in [1.29, 1.82) is 0 Å². The SMILES string of the molecule is C[C@H](N)c1ccccc1N1CCCN(CCO)CC1. The molecule has 0 amide bonds. The van der Waals surface area contributed by atoms with Crippen LogP contribution in [0.5, 0.6) is 0 Å². The van der Waals surface area contributed by atoms with Gasteiger partial charge in [-0.3, -0.25) is 4.90 Å². The van der Waals surface area contributed by atoms with Gasteiger partial charge in [-0.1, -0.05) is 18.2 Å². The summed E-state index contributed by atoms with van der Waals surface area (Å²) in [7, 11) is 0. The maximum Gasteiger partial charge on any atom is 0.0558 e. The minimum absolute atomic E-state index is 0.0630. The molecular weight excluding hydrogens is 238 g/mol. The van der Waals surface area contributed by atoms with Gasteiger partial charge in [0, 0.05) is 37.9 Å². The lowest BCUT2D eigenvalue weighted by atomic mass is 10.1. The molecule has 0 aromatic heterocycles. The van der Waals surface area contributed by atoms with E-state index in [-0.39, 0.29) is 12.6 Å². The molecule has 106 valence electrons. The van der Waals surface area contributed by atoms with E-state index >= 15 is 0 Å². The van der Waals surface area contributed by atoms with Gasteiger partial charge in [-0.2, -0.15) is 0 Å². The average molecular weight is 263 g/mol. The molecule has 1 aliphatic rings. The Morgan fingerprint density at radius 1 is 1.21 bits per heavy atom. The van der Waals surface area contributed by atoms with Crippen molar-refractivity contribution in [2.75, 3.05) is 44.2 Å². The van der Waals surface area contributed by atoms with Crippen LogP contribution >= 0.6 is 0 Å². The van der Waals surface area contributed by atoms with Crippen molar-refractivity contribution in [3.05, 3.63) is 29.8 Å². The fraction of sp³-hybridized carbons (Fsp3) is 0.600. The van der Waals surface area contributed by atoms with Gasteiger partial charge in [0.2, 0.25) is 0 Å². The zero-order chi connectivity index (χ0) is 13.7. The van der Waals surface area contributed by atoms with E-state index < -0.39 is 0 Å². The number of aliphatic hydroxyl groups excluding tert-OH is 1. The van der Waals surface area contributed by atoms with Crippen LogP contribution in [0.1, 0.15) is 24.9 Å². The van der Waals surface area contributed by atoms with E-state index in [4.69, 9.17) is 10.8 Å². The predicted molar refractivity (Wildman–Crippen MR) is 79.4 cm³/mol. The molecule has 1 heterocycles. The minimum atomic E-state index is 0.0630. The molecule has 0 radical (unpaired) electrons. The quantitative estimate of drug-likeness (QED) is 0.857. The predicted octanol–water partition coefficient (Wildman–Crippen LogP) is 1.21. The molecule has 0 aliphatic carbocycles. The first-order valence-electron chi connectivity index (χ1n) is 7.15. The molecule has 4 nitrogen and oxygen atoms in total. The number of β-amino-alcohol motifs (C(OH)–C–C–N with tert-alkyl or cyclic N) is 1. The third-order valence-corrected chi connectivity index (χ3v) is 3.77. The van der Waals surface area contributed by atoms with Crippen LogP contribution in [0.2, 0.25) is 0 Å². The van der Waals surface area contributed by atoms with Crippen LogP contribution in [0, 0.1) is 0 Å². The van der Waals surface area contributed by atoms with Gasteiger partial charge < -0.3 is 15.7 Å². The van der Waals surface area contributed by atoms with Crippen LogP contribution in [0.25, 0.3) is 0 Å². The highest BCUT2D eigenvalue weighted by Crippen LogP contribution is 2.25. The van der Waals surface area contributed by atoms with E-state index in [9.17, 15) is 0 Å². The third kappa shape index (κ3) is 3.69. The summed E-state index contributed by atoms with van der Waals surface area (Å²) in [4.78, 5) is 4.75. The smallest absolute Gasteiger partial charge is 0.0558 e.